The second-order valence-electron chi connectivity index (χ2n) is 4.72. The van der Waals surface area contributed by atoms with E-state index in [4.69, 9.17) is 14.6 Å². The third-order valence-corrected chi connectivity index (χ3v) is 4.63. The Morgan fingerprint density at radius 2 is 1.87 bits per heavy atom. The van der Waals surface area contributed by atoms with Crippen LogP contribution in [-0.4, -0.2) is 27.6 Å². The Kier molecular flexibility index (Phi) is 6.14. The van der Waals surface area contributed by atoms with Crippen LogP contribution >= 0.6 is 11.3 Å². The Morgan fingerprint density at radius 1 is 1.13 bits per heavy atom. The number of primary sulfonamides is 1. The molecule has 0 aliphatic rings. The first-order valence-electron chi connectivity index (χ1n) is 6.87. The van der Waals surface area contributed by atoms with Crippen molar-refractivity contribution in [3.05, 3.63) is 46.7 Å². The van der Waals surface area contributed by atoms with Gasteiger partial charge in [-0.25, -0.2) is 13.6 Å². The van der Waals surface area contributed by atoms with E-state index < -0.39 is 10.0 Å². The van der Waals surface area contributed by atoms with E-state index in [1.807, 2.05) is 16.8 Å². The Labute approximate surface area is 138 Å². The molecule has 124 valence electrons. The van der Waals surface area contributed by atoms with Gasteiger partial charge in [-0.2, -0.15) is 11.3 Å². The van der Waals surface area contributed by atoms with Gasteiger partial charge in [0, 0.05) is 6.42 Å². The number of carbonyl (C=O) groups is 1. The number of hydrogen-bond acceptors (Lipinski definition) is 6. The first-order valence-corrected chi connectivity index (χ1v) is 9.36. The van der Waals surface area contributed by atoms with Crippen LogP contribution in [0, 0.1) is 0 Å². The predicted molar refractivity (Wildman–Crippen MR) is 86.9 cm³/mol. The van der Waals surface area contributed by atoms with Gasteiger partial charge in [-0.15, -0.1) is 0 Å². The smallest absolute Gasteiger partial charge is 0.306 e. The molecule has 1 aromatic carbocycles. The summed E-state index contributed by atoms with van der Waals surface area (Å²) in [6.45, 7) is 0.332. The van der Waals surface area contributed by atoms with E-state index in [-0.39, 0.29) is 24.1 Å². The maximum atomic E-state index is 11.5. The van der Waals surface area contributed by atoms with E-state index in [1.165, 1.54) is 24.3 Å². The summed E-state index contributed by atoms with van der Waals surface area (Å²) < 4.78 is 32.6. The number of esters is 1. The van der Waals surface area contributed by atoms with Crippen LogP contribution in [0.4, 0.5) is 0 Å². The number of sulfonamides is 1. The lowest BCUT2D eigenvalue weighted by Gasteiger charge is -2.08. The monoisotopic (exact) mass is 355 g/mol. The van der Waals surface area contributed by atoms with Gasteiger partial charge in [-0.05, 0) is 53.1 Å². The maximum absolute atomic E-state index is 11.5. The average Bonchev–Trinajstić information content (AvgIpc) is 3.02. The Balaban J connectivity index is 1.66. The summed E-state index contributed by atoms with van der Waals surface area (Å²) in [7, 11) is -3.71. The molecule has 2 N–H and O–H groups in total. The van der Waals surface area contributed by atoms with Gasteiger partial charge in [0.1, 0.15) is 19.0 Å². The van der Waals surface area contributed by atoms with E-state index in [2.05, 4.69) is 0 Å². The van der Waals surface area contributed by atoms with Gasteiger partial charge in [0.15, 0.2) is 0 Å². The van der Waals surface area contributed by atoms with Gasteiger partial charge in [-0.1, -0.05) is 0 Å². The zero-order valence-corrected chi connectivity index (χ0v) is 13.9. The number of hydrogen-bond donors (Lipinski definition) is 1. The van der Waals surface area contributed by atoms with Crippen LogP contribution in [-0.2, 0) is 26.0 Å². The lowest BCUT2D eigenvalue weighted by Crippen LogP contribution is -2.13. The molecule has 0 radical (unpaired) electrons. The molecule has 0 fully saturated rings. The van der Waals surface area contributed by atoms with E-state index >= 15 is 0 Å². The molecule has 1 heterocycles. The minimum atomic E-state index is -3.71. The van der Waals surface area contributed by atoms with Crippen molar-refractivity contribution >= 4 is 27.3 Å². The zero-order chi connectivity index (χ0) is 16.7. The summed E-state index contributed by atoms with van der Waals surface area (Å²) in [4.78, 5) is 11.6. The van der Waals surface area contributed by atoms with E-state index in [1.54, 1.807) is 11.3 Å². The van der Waals surface area contributed by atoms with Crippen LogP contribution < -0.4 is 9.88 Å². The third-order valence-electron chi connectivity index (χ3n) is 2.97. The Bertz CT molecular complexity index is 724. The molecule has 0 saturated heterocycles. The van der Waals surface area contributed by atoms with Crippen molar-refractivity contribution in [2.24, 2.45) is 5.14 Å². The molecular weight excluding hydrogens is 338 g/mol. The van der Waals surface area contributed by atoms with Crippen LogP contribution in [0.1, 0.15) is 12.0 Å². The van der Waals surface area contributed by atoms with Crippen molar-refractivity contribution in [1.82, 2.24) is 0 Å². The van der Waals surface area contributed by atoms with Gasteiger partial charge in [0.2, 0.25) is 10.0 Å². The van der Waals surface area contributed by atoms with Crippen molar-refractivity contribution in [3.8, 4) is 5.75 Å². The molecular formula is C15H17NO5S2. The molecule has 8 heteroatoms. The zero-order valence-electron chi connectivity index (χ0n) is 12.3. The second kappa shape index (κ2) is 8.09. The number of ether oxygens (including phenoxy) is 2. The SMILES string of the molecule is NS(=O)(=O)c1ccc(OCCOC(=O)CCc2ccsc2)cc1. The number of rotatable bonds is 8. The summed E-state index contributed by atoms with van der Waals surface area (Å²) in [6.07, 6.45) is 0.998. The van der Waals surface area contributed by atoms with Gasteiger partial charge in [0.05, 0.1) is 4.90 Å². The molecule has 0 aliphatic carbocycles. The quantitative estimate of drug-likeness (QED) is 0.577. The fourth-order valence-electron chi connectivity index (χ4n) is 1.79. The highest BCUT2D eigenvalue weighted by atomic mass is 32.2. The Hall–Kier alpha value is -1.90. The van der Waals surface area contributed by atoms with Gasteiger partial charge in [0.25, 0.3) is 0 Å². The van der Waals surface area contributed by atoms with Gasteiger partial charge in [-0.3, -0.25) is 4.79 Å². The minimum absolute atomic E-state index is 0.0182. The summed E-state index contributed by atoms with van der Waals surface area (Å²) in [5, 5.41) is 8.97. The largest absolute Gasteiger partial charge is 0.490 e. The number of benzene rings is 1. The standard InChI is InChI=1S/C15H17NO5S2/c16-23(18,19)14-4-2-13(3-5-14)20-8-9-21-15(17)6-1-12-7-10-22-11-12/h2-5,7,10-11H,1,6,8-9H2,(H2,16,18,19). The van der Waals surface area contributed by atoms with Crippen molar-refractivity contribution in [2.75, 3.05) is 13.2 Å². The fraction of sp³-hybridized carbons (Fsp3) is 0.267. The number of thiophene rings is 1. The number of nitrogens with two attached hydrogens (primary N) is 1. The second-order valence-corrected chi connectivity index (χ2v) is 7.06. The molecule has 0 amide bonds. The number of carbonyl (C=O) groups excluding carboxylic acids is 1. The Morgan fingerprint density at radius 3 is 2.48 bits per heavy atom. The van der Waals surface area contributed by atoms with Gasteiger partial charge < -0.3 is 9.47 Å². The van der Waals surface area contributed by atoms with Crippen LogP contribution in [0.25, 0.3) is 0 Å². The molecule has 2 rings (SSSR count). The van der Waals surface area contributed by atoms with Gasteiger partial charge >= 0.3 is 5.97 Å². The van der Waals surface area contributed by atoms with Crippen LogP contribution in [0.2, 0.25) is 0 Å². The molecule has 0 atom stereocenters. The highest BCUT2D eigenvalue weighted by Gasteiger charge is 2.07. The number of aryl methyl sites for hydroxylation is 1. The first-order chi connectivity index (χ1) is 10.9. The molecule has 0 spiro atoms. The van der Waals surface area contributed by atoms with Crippen molar-refractivity contribution in [3.63, 3.8) is 0 Å². The normalized spacial score (nSPS) is 11.2. The lowest BCUT2D eigenvalue weighted by atomic mass is 10.2. The van der Waals surface area contributed by atoms with Crippen LogP contribution in [0.5, 0.6) is 5.75 Å². The van der Waals surface area contributed by atoms with Crippen LogP contribution in [0.3, 0.4) is 0 Å². The molecule has 6 nitrogen and oxygen atoms in total. The average molecular weight is 355 g/mol. The molecule has 2 aromatic rings. The summed E-state index contributed by atoms with van der Waals surface area (Å²) >= 11 is 1.60. The van der Waals surface area contributed by atoms with Crippen molar-refractivity contribution < 1.29 is 22.7 Å². The molecule has 0 aliphatic heterocycles. The predicted octanol–water partition coefficient (Wildman–Crippen LogP) is 1.95. The van der Waals surface area contributed by atoms with E-state index in [9.17, 15) is 13.2 Å². The summed E-state index contributed by atoms with van der Waals surface area (Å²) in [5.41, 5.74) is 1.12. The summed E-state index contributed by atoms with van der Waals surface area (Å²) in [6, 6.07) is 7.69. The minimum Gasteiger partial charge on any atom is -0.490 e. The molecule has 1 aromatic heterocycles. The maximum Gasteiger partial charge on any atom is 0.306 e. The lowest BCUT2D eigenvalue weighted by molar-refractivity contribution is -0.144. The molecule has 0 unspecified atom stereocenters. The van der Waals surface area contributed by atoms with E-state index in [0.717, 1.165) is 5.56 Å². The topological polar surface area (TPSA) is 95.7 Å². The molecule has 23 heavy (non-hydrogen) atoms. The first kappa shape index (κ1) is 17.5. The van der Waals surface area contributed by atoms with Crippen molar-refractivity contribution in [1.29, 1.82) is 0 Å². The van der Waals surface area contributed by atoms with E-state index in [0.29, 0.717) is 18.6 Å². The molecule has 0 bridgehead atoms. The van der Waals surface area contributed by atoms with Crippen LogP contribution in [0.15, 0.2) is 46.0 Å². The molecule has 0 saturated carbocycles. The highest BCUT2D eigenvalue weighted by Crippen LogP contribution is 2.14. The van der Waals surface area contributed by atoms with Crippen molar-refractivity contribution in [2.45, 2.75) is 17.7 Å². The highest BCUT2D eigenvalue weighted by molar-refractivity contribution is 7.89. The fourth-order valence-corrected chi connectivity index (χ4v) is 3.01. The third kappa shape index (κ3) is 6.01. The summed E-state index contributed by atoms with van der Waals surface area (Å²) in [5.74, 6) is 0.205.